The fourth-order valence-corrected chi connectivity index (χ4v) is 1.25. The van der Waals surface area contributed by atoms with Gasteiger partial charge < -0.3 is 0 Å². The van der Waals surface area contributed by atoms with E-state index in [1.165, 1.54) is 24.3 Å². The Labute approximate surface area is 73.5 Å². The molecule has 66 valence electrons. The highest BCUT2D eigenvalue weighted by atomic mass is 32.2. The maximum Gasteiger partial charge on any atom is 0.175 e. The van der Waals surface area contributed by atoms with Gasteiger partial charge in [0.2, 0.25) is 0 Å². The highest BCUT2D eigenvalue weighted by Gasteiger charge is 2.04. The topological polar surface area (TPSA) is 34.1 Å². The van der Waals surface area contributed by atoms with Crippen LogP contribution in [0.25, 0.3) is 0 Å². The number of rotatable bonds is 4. The van der Waals surface area contributed by atoms with E-state index in [9.17, 15) is 8.42 Å². The van der Waals surface area contributed by atoms with Gasteiger partial charge in [0.05, 0.1) is 4.91 Å². The zero-order valence-corrected chi connectivity index (χ0v) is 7.84. The summed E-state index contributed by atoms with van der Waals surface area (Å²) in [4.78, 5) is 0.234. The van der Waals surface area contributed by atoms with Crippen molar-refractivity contribution in [3.63, 3.8) is 0 Å². The fraction of sp³-hybridized carbons (Fsp3) is 0.111. The lowest BCUT2D eigenvalue weighted by Crippen LogP contribution is -1.97. The van der Waals surface area contributed by atoms with Crippen molar-refractivity contribution in [1.82, 2.24) is 0 Å². The predicted octanol–water partition coefficient (Wildman–Crippen LogP) is 1.84. The van der Waals surface area contributed by atoms with E-state index in [1.54, 1.807) is 6.08 Å². The Morgan fingerprint density at radius 3 is 2.17 bits per heavy atom. The summed E-state index contributed by atoms with van der Waals surface area (Å²) in [5.74, 6) is 0. The van der Waals surface area contributed by atoms with E-state index in [0.717, 1.165) is 6.26 Å². The second-order valence-corrected chi connectivity index (χ2v) is 4.19. The highest BCUT2D eigenvalue weighted by molar-refractivity contribution is 7.94. The second-order valence-electron chi connectivity index (χ2n) is 2.17. The van der Waals surface area contributed by atoms with E-state index >= 15 is 0 Å². The smallest absolute Gasteiger partial charge is 0.175 e. The Balaban J connectivity index is 4.95. The van der Waals surface area contributed by atoms with Crippen molar-refractivity contribution in [3.05, 3.63) is 48.4 Å². The summed E-state index contributed by atoms with van der Waals surface area (Å²) in [5, 5.41) is 0. The van der Waals surface area contributed by atoms with Crippen molar-refractivity contribution in [2.24, 2.45) is 0 Å². The standard InChI is InChI=1S/C9H12O2S/c1-4-6-8-9(7-5-2)12(3,10)11/h4-8H,1-2H2,3H3/b8-6-,9-7+. The van der Waals surface area contributed by atoms with E-state index in [2.05, 4.69) is 13.2 Å². The van der Waals surface area contributed by atoms with Crippen molar-refractivity contribution in [2.45, 2.75) is 0 Å². The van der Waals surface area contributed by atoms with Crippen LogP contribution in [-0.2, 0) is 9.84 Å². The van der Waals surface area contributed by atoms with Gasteiger partial charge in [-0.25, -0.2) is 8.42 Å². The lowest BCUT2D eigenvalue weighted by molar-refractivity contribution is 0.608. The molecule has 2 nitrogen and oxygen atoms in total. The SMILES string of the molecule is C=C/C=C\C(=C/C=C)S(C)(=O)=O. The molecule has 3 heteroatoms. The molecule has 0 saturated carbocycles. The van der Waals surface area contributed by atoms with Crippen LogP contribution in [0.3, 0.4) is 0 Å². The molecule has 0 aliphatic carbocycles. The van der Waals surface area contributed by atoms with Crippen LogP contribution in [0.1, 0.15) is 0 Å². The molecule has 0 bridgehead atoms. The molecule has 0 spiro atoms. The van der Waals surface area contributed by atoms with Gasteiger partial charge in [0.25, 0.3) is 0 Å². The van der Waals surface area contributed by atoms with Gasteiger partial charge in [0, 0.05) is 6.26 Å². The first-order valence-corrected chi connectivity index (χ1v) is 5.23. The molecule has 0 rings (SSSR count). The molecule has 0 aliphatic heterocycles. The first kappa shape index (κ1) is 10.9. The third-order valence-corrected chi connectivity index (χ3v) is 2.24. The molecule has 0 saturated heterocycles. The average Bonchev–Trinajstić information content (AvgIpc) is 1.95. The van der Waals surface area contributed by atoms with Crippen molar-refractivity contribution in [1.29, 1.82) is 0 Å². The van der Waals surface area contributed by atoms with Gasteiger partial charge >= 0.3 is 0 Å². The van der Waals surface area contributed by atoms with Crippen LogP contribution in [0.15, 0.2) is 48.4 Å². The molecule has 0 aromatic heterocycles. The van der Waals surface area contributed by atoms with E-state index in [0.29, 0.717) is 0 Å². The quantitative estimate of drug-likeness (QED) is 0.625. The molecule has 0 amide bonds. The van der Waals surface area contributed by atoms with Crippen molar-refractivity contribution >= 4 is 9.84 Å². The predicted molar refractivity (Wildman–Crippen MR) is 52.5 cm³/mol. The summed E-state index contributed by atoms with van der Waals surface area (Å²) in [6.45, 7) is 6.86. The van der Waals surface area contributed by atoms with Gasteiger partial charge in [-0.1, -0.05) is 31.4 Å². The molecular weight excluding hydrogens is 172 g/mol. The van der Waals surface area contributed by atoms with Crippen LogP contribution in [-0.4, -0.2) is 14.7 Å². The summed E-state index contributed by atoms with van der Waals surface area (Å²) in [6, 6.07) is 0. The Hall–Kier alpha value is -1.09. The van der Waals surface area contributed by atoms with E-state index in [1.807, 2.05) is 0 Å². The lowest BCUT2D eigenvalue weighted by Gasteiger charge is -1.95. The summed E-state index contributed by atoms with van der Waals surface area (Å²) >= 11 is 0. The van der Waals surface area contributed by atoms with Crippen LogP contribution in [0.4, 0.5) is 0 Å². The number of allylic oxidation sites excluding steroid dienone is 5. The molecular formula is C9H12O2S. The zero-order chi connectivity index (χ0) is 9.61. The van der Waals surface area contributed by atoms with Gasteiger partial charge in [-0.3, -0.25) is 0 Å². The minimum Gasteiger partial charge on any atom is -0.224 e. The number of hydrogen-bond acceptors (Lipinski definition) is 2. The van der Waals surface area contributed by atoms with Crippen LogP contribution >= 0.6 is 0 Å². The Bertz CT molecular complexity index is 318. The monoisotopic (exact) mass is 184 g/mol. The second kappa shape index (κ2) is 4.72. The summed E-state index contributed by atoms with van der Waals surface area (Å²) in [6.07, 6.45) is 8.58. The van der Waals surface area contributed by atoms with Gasteiger partial charge in [0.1, 0.15) is 0 Å². The molecule has 0 unspecified atom stereocenters. The summed E-state index contributed by atoms with van der Waals surface area (Å²) in [5.41, 5.74) is 0. The van der Waals surface area contributed by atoms with Crippen LogP contribution in [0.2, 0.25) is 0 Å². The van der Waals surface area contributed by atoms with Crippen molar-refractivity contribution in [3.8, 4) is 0 Å². The highest BCUT2D eigenvalue weighted by Crippen LogP contribution is 2.06. The first-order chi connectivity index (χ1) is 5.52. The van der Waals surface area contributed by atoms with Crippen molar-refractivity contribution in [2.75, 3.05) is 6.26 Å². The third-order valence-electron chi connectivity index (χ3n) is 1.11. The molecule has 0 radical (unpaired) electrons. The largest absolute Gasteiger partial charge is 0.224 e. The first-order valence-electron chi connectivity index (χ1n) is 3.34. The zero-order valence-electron chi connectivity index (χ0n) is 7.03. The summed E-state index contributed by atoms with van der Waals surface area (Å²) < 4.78 is 22.1. The Morgan fingerprint density at radius 2 is 1.83 bits per heavy atom. The van der Waals surface area contributed by atoms with E-state index in [4.69, 9.17) is 0 Å². The third kappa shape index (κ3) is 3.93. The number of sulfone groups is 1. The van der Waals surface area contributed by atoms with Gasteiger partial charge in [-0.2, -0.15) is 0 Å². The van der Waals surface area contributed by atoms with Crippen molar-refractivity contribution < 1.29 is 8.42 Å². The molecule has 0 atom stereocenters. The van der Waals surface area contributed by atoms with Crippen LogP contribution < -0.4 is 0 Å². The van der Waals surface area contributed by atoms with E-state index in [-0.39, 0.29) is 4.91 Å². The Morgan fingerprint density at radius 1 is 1.25 bits per heavy atom. The molecule has 0 fully saturated rings. The van der Waals surface area contributed by atoms with Gasteiger partial charge in [-0.05, 0) is 12.2 Å². The molecule has 0 N–H and O–H groups in total. The number of hydrogen-bond donors (Lipinski definition) is 0. The minimum atomic E-state index is -3.14. The molecule has 0 aliphatic rings. The Kier molecular flexibility index (Phi) is 4.29. The minimum absolute atomic E-state index is 0.234. The summed E-state index contributed by atoms with van der Waals surface area (Å²) in [7, 11) is -3.14. The molecule has 12 heavy (non-hydrogen) atoms. The average molecular weight is 184 g/mol. The maximum absolute atomic E-state index is 11.0. The molecule has 0 aromatic carbocycles. The van der Waals surface area contributed by atoms with Gasteiger partial charge in [0.15, 0.2) is 9.84 Å². The molecule has 0 aromatic rings. The maximum atomic E-state index is 11.0. The fourth-order valence-electron chi connectivity index (χ4n) is 0.582. The molecule has 0 heterocycles. The normalized spacial score (nSPS) is 13.2. The lowest BCUT2D eigenvalue weighted by atomic mass is 10.4. The van der Waals surface area contributed by atoms with Crippen LogP contribution in [0.5, 0.6) is 0 Å². The van der Waals surface area contributed by atoms with Gasteiger partial charge in [-0.15, -0.1) is 0 Å². The van der Waals surface area contributed by atoms with Crippen LogP contribution in [0, 0.1) is 0 Å². The van der Waals surface area contributed by atoms with E-state index < -0.39 is 9.84 Å².